The molecule has 1 aromatic heterocycles. The van der Waals surface area contributed by atoms with Crippen LogP contribution in [-0.4, -0.2) is 6.29 Å². The summed E-state index contributed by atoms with van der Waals surface area (Å²) < 4.78 is 1.06. The fourth-order valence-electron chi connectivity index (χ4n) is 0.662. The van der Waals surface area contributed by atoms with Crippen LogP contribution in [0.15, 0.2) is 21.5 Å². The van der Waals surface area contributed by atoms with Crippen molar-refractivity contribution in [2.45, 2.75) is 6.92 Å². The molecule has 1 nitrogen and oxygen atoms in total. The van der Waals surface area contributed by atoms with Crippen LogP contribution in [0.25, 0.3) is 6.08 Å². The van der Waals surface area contributed by atoms with Crippen molar-refractivity contribution in [2.24, 2.45) is 0 Å². The molecular weight excluding hydrogens is 224 g/mol. The van der Waals surface area contributed by atoms with Gasteiger partial charge >= 0.3 is 0 Å². The Labute approximate surface area is 77.9 Å². The topological polar surface area (TPSA) is 17.1 Å². The summed E-state index contributed by atoms with van der Waals surface area (Å²) in [5.41, 5.74) is 0.749. The smallest absolute Gasteiger partial charge is 0.145 e. The summed E-state index contributed by atoms with van der Waals surface area (Å²) >= 11 is 4.95. The van der Waals surface area contributed by atoms with Crippen molar-refractivity contribution >= 4 is 39.6 Å². The highest BCUT2D eigenvalue weighted by Gasteiger charge is 1.93. The largest absolute Gasteiger partial charge is 0.298 e. The predicted octanol–water partition coefficient (Wildman–Crippen LogP) is 3.11. The summed E-state index contributed by atoms with van der Waals surface area (Å²) in [5, 5.41) is 1.99. The highest BCUT2D eigenvalue weighted by molar-refractivity contribution is 9.10. The Morgan fingerprint density at radius 1 is 1.73 bits per heavy atom. The second-order valence-electron chi connectivity index (χ2n) is 2.17. The molecule has 0 aliphatic rings. The zero-order chi connectivity index (χ0) is 8.27. The highest BCUT2D eigenvalue weighted by atomic mass is 79.9. The van der Waals surface area contributed by atoms with Gasteiger partial charge in [-0.05, 0) is 40.6 Å². The molecule has 0 saturated heterocycles. The Bertz CT molecular complexity index is 288. The molecule has 0 aliphatic carbocycles. The van der Waals surface area contributed by atoms with Crippen molar-refractivity contribution in [3.05, 3.63) is 26.4 Å². The lowest BCUT2D eigenvalue weighted by atomic mass is 10.3. The van der Waals surface area contributed by atoms with Crippen LogP contribution in [0.5, 0.6) is 0 Å². The average molecular weight is 231 g/mol. The Morgan fingerprint density at radius 3 is 2.91 bits per heavy atom. The van der Waals surface area contributed by atoms with Crippen LogP contribution in [0.1, 0.15) is 11.8 Å². The minimum Gasteiger partial charge on any atom is -0.298 e. The standard InChI is InChI=1S/C8H7BrOS/c1-6(4-10)2-8-3-7(9)5-11-8/h2-5H,1H3/b6-2+. The monoisotopic (exact) mass is 230 g/mol. The Hall–Kier alpha value is -0.410. The third kappa shape index (κ3) is 2.60. The van der Waals surface area contributed by atoms with Crippen LogP contribution < -0.4 is 0 Å². The van der Waals surface area contributed by atoms with Crippen molar-refractivity contribution in [1.29, 1.82) is 0 Å². The molecule has 0 N–H and O–H groups in total. The van der Waals surface area contributed by atoms with E-state index in [0.717, 1.165) is 21.2 Å². The van der Waals surface area contributed by atoms with Crippen LogP contribution in [0.2, 0.25) is 0 Å². The van der Waals surface area contributed by atoms with Crippen molar-refractivity contribution in [2.75, 3.05) is 0 Å². The van der Waals surface area contributed by atoms with Gasteiger partial charge < -0.3 is 0 Å². The zero-order valence-electron chi connectivity index (χ0n) is 6.00. The first-order valence-electron chi connectivity index (χ1n) is 3.10. The number of halogens is 1. The molecule has 11 heavy (non-hydrogen) atoms. The summed E-state index contributed by atoms with van der Waals surface area (Å²) in [4.78, 5) is 11.3. The van der Waals surface area contributed by atoms with E-state index in [1.54, 1.807) is 18.3 Å². The number of hydrogen-bond acceptors (Lipinski definition) is 2. The molecule has 0 saturated carbocycles. The van der Waals surface area contributed by atoms with E-state index in [-0.39, 0.29) is 0 Å². The summed E-state index contributed by atoms with van der Waals surface area (Å²) in [6.45, 7) is 1.79. The van der Waals surface area contributed by atoms with Crippen LogP contribution in [0.4, 0.5) is 0 Å². The molecule has 0 fully saturated rings. The maximum atomic E-state index is 10.2. The van der Waals surface area contributed by atoms with E-state index in [1.807, 2.05) is 17.5 Å². The van der Waals surface area contributed by atoms with E-state index in [0.29, 0.717) is 0 Å². The summed E-state index contributed by atoms with van der Waals surface area (Å²) in [7, 11) is 0. The van der Waals surface area contributed by atoms with Gasteiger partial charge in [-0.25, -0.2) is 0 Å². The highest BCUT2D eigenvalue weighted by Crippen LogP contribution is 2.21. The van der Waals surface area contributed by atoms with Crippen LogP contribution in [0.3, 0.4) is 0 Å². The lowest BCUT2D eigenvalue weighted by molar-refractivity contribution is -0.104. The van der Waals surface area contributed by atoms with Gasteiger partial charge in [0, 0.05) is 14.7 Å². The van der Waals surface area contributed by atoms with E-state index in [4.69, 9.17) is 0 Å². The fourth-order valence-corrected chi connectivity index (χ4v) is 2.11. The summed E-state index contributed by atoms with van der Waals surface area (Å²) in [6, 6.07) is 1.98. The van der Waals surface area contributed by atoms with Gasteiger partial charge in [-0.1, -0.05) is 0 Å². The second-order valence-corrected chi connectivity index (χ2v) is 4.03. The average Bonchev–Trinajstić information content (AvgIpc) is 2.35. The van der Waals surface area contributed by atoms with Crippen molar-refractivity contribution < 1.29 is 4.79 Å². The molecule has 58 valence electrons. The van der Waals surface area contributed by atoms with Gasteiger partial charge in [0.15, 0.2) is 0 Å². The fraction of sp³-hybridized carbons (Fsp3) is 0.125. The number of aldehydes is 1. The molecule has 0 bridgehead atoms. The predicted molar refractivity (Wildman–Crippen MR) is 51.7 cm³/mol. The Balaban J connectivity index is 2.86. The Kier molecular flexibility index (Phi) is 3.02. The van der Waals surface area contributed by atoms with Gasteiger partial charge in [0.05, 0.1) is 0 Å². The molecular formula is C8H7BrOS. The molecule has 1 heterocycles. The normalized spacial score (nSPS) is 11.6. The minimum atomic E-state index is 0.749. The van der Waals surface area contributed by atoms with Gasteiger partial charge in [0.25, 0.3) is 0 Å². The maximum Gasteiger partial charge on any atom is 0.145 e. The molecule has 0 aromatic carbocycles. The molecule has 1 rings (SSSR count). The van der Waals surface area contributed by atoms with E-state index >= 15 is 0 Å². The third-order valence-corrected chi connectivity index (χ3v) is 2.78. The molecule has 0 spiro atoms. The summed E-state index contributed by atoms with van der Waals surface area (Å²) in [6.07, 6.45) is 2.72. The second kappa shape index (κ2) is 3.83. The van der Waals surface area contributed by atoms with Gasteiger partial charge in [-0.15, -0.1) is 11.3 Å². The first-order valence-corrected chi connectivity index (χ1v) is 4.77. The lowest BCUT2D eigenvalue weighted by Gasteiger charge is -1.84. The molecule has 0 unspecified atom stereocenters. The third-order valence-electron chi connectivity index (χ3n) is 1.14. The van der Waals surface area contributed by atoms with Gasteiger partial charge in [-0.3, -0.25) is 4.79 Å². The molecule has 1 aromatic rings. The van der Waals surface area contributed by atoms with Gasteiger partial charge in [0.1, 0.15) is 6.29 Å². The summed E-state index contributed by atoms with van der Waals surface area (Å²) in [5.74, 6) is 0. The zero-order valence-corrected chi connectivity index (χ0v) is 8.41. The minimum absolute atomic E-state index is 0.749. The molecule has 0 aliphatic heterocycles. The molecule has 0 radical (unpaired) electrons. The first kappa shape index (κ1) is 8.68. The number of rotatable bonds is 2. The molecule has 0 atom stereocenters. The maximum absolute atomic E-state index is 10.2. The molecule has 0 amide bonds. The number of thiophene rings is 1. The van der Waals surface area contributed by atoms with Crippen LogP contribution >= 0.6 is 27.3 Å². The first-order chi connectivity index (χ1) is 5.22. The van der Waals surface area contributed by atoms with Crippen LogP contribution in [0, 0.1) is 0 Å². The van der Waals surface area contributed by atoms with Gasteiger partial charge in [-0.2, -0.15) is 0 Å². The number of carbonyl (C=O) groups excluding carboxylic acids is 1. The van der Waals surface area contributed by atoms with Crippen molar-refractivity contribution in [3.8, 4) is 0 Å². The quantitative estimate of drug-likeness (QED) is 0.564. The lowest BCUT2D eigenvalue weighted by Crippen LogP contribution is -1.72. The van der Waals surface area contributed by atoms with Crippen molar-refractivity contribution in [3.63, 3.8) is 0 Å². The van der Waals surface area contributed by atoms with Crippen LogP contribution in [-0.2, 0) is 4.79 Å². The number of allylic oxidation sites excluding steroid dienone is 1. The Morgan fingerprint density at radius 2 is 2.45 bits per heavy atom. The molecule has 3 heteroatoms. The van der Waals surface area contributed by atoms with E-state index < -0.39 is 0 Å². The van der Waals surface area contributed by atoms with Crippen molar-refractivity contribution in [1.82, 2.24) is 0 Å². The van der Waals surface area contributed by atoms with E-state index in [1.165, 1.54) is 0 Å². The van der Waals surface area contributed by atoms with E-state index in [9.17, 15) is 4.79 Å². The van der Waals surface area contributed by atoms with Gasteiger partial charge in [0.2, 0.25) is 0 Å². The number of hydrogen-bond donors (Lipinski definition) is 0. The number of carbonyl (C=O) groups is 1. The SMILES string of the molecule is C/C(C=O)=C\c1cc(Br)cs1. The van der Waals surface area contributed by atoms with E-state index in [2.05, 4.69) is 15.9 Å².